The molecule has 1 amide bonds. The predicted molar refractivity (Wildman–Crippen MR) is 129 cm³/mol. The molecule has 0 fully saturated rings. The minimum absolute atomic E-state index is 0.0391. The molecule has 4 aromatic rings. The first-order valence-corrected chi connectivity index (χ1v) is 10.7. The van der Waals surface area contributed by atoms with Crippen LogP contribution in [0, 0.1) is 6.92 Å². The predicted octanol–water partition coefficient (Wildman–Crippen LogP) is 4.99. The third-order valence-electron chi connectivity index (χ3n) is 5.90. The molecule has 1 aromatic heterocycles. The van der Waals surface area contributed by atoms with E-state index in [2.05, 4.69) is 10.6 Å². The number of methoxy groups -OCH3 is 1. The number of aromatic hydroxyl groups is 1. The summed E-state index contributed by atoms with van der Waals surface area (Å²) in [5.74, 6) is 0.812. The summed E-state index contributed by atoms with van der Waals surface area (Å²) in [6.07, 6.45) is 0. The molecule has 2 heterocycles. The van der Waals surface area contributed by atoms with Crippen LogP contribution in [0.5, 0.6) is 11.5 Å². The smallest absolute Gasteiger partial charge is 0.255 e. The number of allylic oxidation sites excluding steroid dienone is 1. The second-order valence-corrected chi connectivity index (χ2v) is 8.11. The highest BCUT2D eigenvalue weighted by atomic mass is 16.5. The number of fused-ring (bicyclic) bond motifs is 3. The zero-order valence-electron chi connectivity index (χ0n) is 18.6. The summed E-state index contributed by atoms with van der Waals surface area (Å²) >= 11 is 0. The van der Waals surface area contributed by atoms with Gasteiger partial charge in [-0.25, -0.2) is 4.98 Å². The van der Waals surface area contributed by atoms with Gasteiger partial charge in [0.15, 0.2) is 11.5 Å². The third-order valence-corrected chi connectivity index (χ3v) is 5.90. The van der Waals surface area contributed by atoms with Crippen LogP contribution in [0.3, 0.4) is 0 Å². The number of imidazole rings is 1. The van der Waals surface area contributed by atoms with E-state index in [0.717, 1.165) is 22.2 Å². The molecule has 1 atom stereocenters. The zero-order chi connectivity index (χ0) is 23.1. The molecule has 0 aliphatic carbocycles. The second-order valence-electron chi connectivity index (χ2n) is 8.11. The number of aryl methyl sites for hydroxylation is 1. The fourth-order valence-electron chi connectivity index (χ4n) is 4.27. The van der Waals surface area contributed by atoms with Crippen molar-refractivity contribution in [2.75, 3.05) is 17.7 Å². The lowest BCUT2D eigenvalue weighted by Gasteiger charge is -2.31. The van der Waals surface area contributed by atoms with Crippen LogP contribution >= 0.6 is 0 Å². The first kappa shape index (κ1) is 20.6. The first-order valence-electron chi connectivity index (χ1n) is 10.7. The number of aromatic nitrogens is 2. The van der Waals surface area contributed by atoms with Crippen molar-refractivity contribution in [3.05, 3.63) is 89.1 Å². The van der Waals surface area contributed by atoms with Crippen molar-refractivity contribution in [2.24, 2.45) is 0 Å². The Bertz CT molecular complexity index is 1400. The van der Waals surface area contributed by atoms with E-state index in [0.29, 0.717) is 28.7 Å². The molecule has 166 valence electrons. The van der Waals surface area contributed by atoms with Gasteiger partial charge in [-0.3, -0.25) is 9.36 Å². The average Bonchev–Trinajstić information content (AvgIpc) is 3.18. The lowest BCUT2D eigenvalue weighted by molar-refractivity contribution is -0.113. The van der Waals surface area contributed by atoms with Crippen LogP contribution in [0.25, 0.3) is 11.0 Å². The van der Waals surface area contributed by atoms with Crippen LogP contribution in [0.4, 0.5) is 11.6 Å². The maximum Gasteiger partial charge on any atom is 0.255 e. The molecule has 0 spiro atoms. The Hall–Kier alpha value is -4.26. The Labute approximate surface area is 191 Å². The maximum atomic E-state index is 13.6. The number of rotatable bonds is 4. The molecule has 1 aliphatic heterocycles. The molecule has 1 aliphatic rings. The molecule has 5 rings (SSSR count). The molecule has 3 N–H and O–H groups in total. The van der Waals surface area contributed by atoms with Gasteiger partial charge in [0.25, 0.3) is 5.91 Å². The lowest BCUT2D eigenvalue weighted by atomic mass is 9.94. The molecule has 0 radical (unpaired) electrons. The Morgan fingerprint density at radius 3 is 2.61 bits per heavy atom. The number of carbonyl (C=O) groups excluding carboxylic acids is 1. The highest BCUT2D eigenvalue weighted by Gasteiger charge is 2.34. The third kappa shape index (κ3) is 3.57. The summed E-state index contributed by atoms with van der Waals surface area (Å²) < 4.78 is 7.37. The average molecular weight is 441 g/mol. The minimum atomic E-state index is -0.478. The van der Waals surface area contributed by atoms with Crippen molar-refractivity contribution in [3.8, 4) is 11.5 Å². The molecule has 0 bridgehead atoms. The SMILES string of the molecule is COc1cc([C@H]2C(C(=O)Nc3ccc(C)cc3)=C(C)Nc3nc4ccccc4n32)ccc1O. The van der Waals surface area contributed by atoms with E-state index in [1.54, 1.807) is 18.2 Å². The van der Waals surface area contributed by atoms with Crippen LogP contribution in [0.15, 0.2) is 78.0 Å². The van der Waals surface area contributed by atoms with Gasteiger partial charge in [0.1, 0.15) is 0 Å². The second kappa shape index (κ2) is 8.02. The molecular formula is C26H24N4O3. The van der Waals surface area contributed by atoms with Crippen LogP contribution < -0.4 is 15.4 Å². The van der Waals surface area contributed by atoms with Gasteiger partial charge in [0.2, 0.25) is 5.95 Å². The molecule has 0 unspecified atom stereocenters. The maximum absolute atomic E-state index is 13.6. The van der Waals surface area contributed by atoms with Gasteiger partial charge in [-0.15, -0.1) is 0 Å². The van der Waals surface area contributed by atoms with Crippen LogP contribution in [0.2, 0.25) is 0 Å². The van der Waals surface area contributed by atoms with E-state index >= 15 is 0 Å². The largest absolute Gasteiger partial charge is 0.504 e. The quantitative estimate of drug-likeness (QED) is 0.416. The first-order chi connectivity index (χ1) is 16.0. The number of para-hydroxylation sites is 2. The van der Waals surface area contributed by atoms with Gasteiger partial charge in [-0.2, -0.15) is 0 Å². The van der Waals surface area contributed by atoms with Gasteiger partial charge >= 0.3 is 0 Å². The molecular weight excluding hydrogens is 416 g/mol. The zero-order valence-corrected chi connectivity index (χ0v) is 18.6. The fourth-order valence-corrected chi connectivity index (χ4v) is 4.27. The number of amides is 1. The number of phenolic OH excluding ortho intramolecular Hbond substituents is 1. The number of carbonyl (C=O) groups is 1. The molecule has 0 saturated carbocycles. The number of phenols is 1. The minimum Gasteiger partial charge on any atom is -0.504 e. The van der Waals surface area contributed by atoms with Gasteiger partial charge in [-0.05, 0) is 55.8 Å². The number of nitrogens with one attached hydrogen (secondary N) is 2. The summed E-state index contributed by atoms with van der Waals surface area (Å²) in [7, 11) is 1.51. The standard InChI is InChI=1S/C26H24N4O3/c1-15-8-11-18(12-9-15)28-25(32)23-16(2)27-26-29-19-6-4-5-7-20(19)30(26)24(23)17-10-13-21(31)22(14-17)33-3/h4-14,24,31H,1-3H3,(H,27,29)(H,28,32)/t24-/m0/s1. The van der Waals surface area contributed by atoms with Crippen molar-refractivity contribution >= 4 is 28.6 Å². The van der Waals surface area contributed by atoms with E-state index in [1.807, 2.05) is 66.9 Å². The number of hydrogen-bond acceptors (Lipinski definition) is 5. The van der Waals surface area contributed by atoms with Gasteiger partial charge in [0, 0.05) is 11.4 Å². The van der Waals surface area contributed by atoms with Crippen molar-refractivity contribution in [3.63, 3.8) is 0 Å². The summed E-state index contributed by atoms with van der Waals surface area (Å²) in [6.45, 7) is 3.88. The van der Waals surface area contributed by atoms with Crippen LogP contribution in [-0.2, 0) is 4.79 Å². The summed E-state index contributed by atoms with van der Waals surface area (Å²) in [5.41, 5.74) is 5.61. The highest BCUT2D eigenvalue weighted by Crippen LogP contribution is 2.41. The Morgan fingerprint density at radius 2 is 1.85 bits per heavy atom. The number of nitrogens with zero attached hydrogens (tertiary/aromatic N) is 2. The summed E-state index contributed by atoms with van der Waals surface area (Å²) in [6, 6.07) is 20.2. The van der Waals surface area contributed by atoms with E-state index < -0.39 is 6.04 Å². The number of ether oxygens (including phenoxy) is 1. The van der Waals surface area contributed by atoms with E-state index in [-0.39, 0.29) is 11.7 Å². The van der Waals surface area contributed by atoms with Crippen molar-refractivity contribution in [1.29, 1.82) is 0 Å². The number of anilines is 2. The van der Waals surface area contributed by atoms with Crippen molar-refractivity contribution < 1.29 is 14.6 Å². The van der Waals surface area contributed by atoms with Crippen molar-refractivity contribution in [1.82, 2.24) is 9.55 Å². The Balaban J connectivity index is 1.67. The van der Waals surface area contributed by atoms with Crippen LogP contribution in [0.1, 0.15) is 24.1 Å². The summed E-state index contributed by atoms with van der Waals surface area (Å²) in [5, 5.41) is 16.5. The number of hydrogen-bond donors (Lipinski definition) is 3. The van der Waals surface area contributed by atoms with Gasteiger partial charge in [0.05, 0.1) is 29.8 Å². The Kier molecular flexibility index (Phi) is 5.01. The normalized spacial score (nSPS) is 15.2. The van der Waals surface area contributed by atoms with E-state index in [1.165, 1.54) is 7.11 Å². The molecule has 0 saturated heterocycles. The molecule has 3 aromatic carbocycles. The molecule has 7 heteroatoms. The molecule has 33 heavy (non-hydrogen) atoms. The van der Waals surface area contributed by atoms with E-state index in [9.17, 15) is 9.90 Å². The van der Waals surface area contributed by atoms with Crippen molar-refractivity contribution in [2.45, 2.75) is 19.9 Å². The fraction of sp³-hybridized carbons (Fsp3) is 0.154. The van der Waals surface area contributed by atoms with Gasteiger partial charge < -0.3 is 20.5 Å². The topological polar surface area (TPSA) is 88.4 Å². The van der Waals surface area contributed by atoms with Crippen LogP contribution in [-0.4, -0.2) is 27.7 Å². The molecule has 7 nitrogen and oxygen atoms in total. The lowest BCUT2D eigenvalue weighted by Crippen LogP contribution is -2.30. The van der Waals surface area contributed by atoms with E-state index in [4.69, 9.17) is 9.72 Å². The Morgan fingerprint density at radius 1 is 1.09 bits per heavy atom. The highest BCUT2D eigenvalue weighted by molar-refractivity contribution is 6.06. The summed E-state index contributed by atoms with van der Waals surface area (Å²) in [4.78, 5) is 18.3. The van der Waals surface area contributed by atoms with Gasteiger partial charge in [-0.1, -0.05) is 35.9 Å². The number of benzene rings is 3. The monoisotopic (exact) mass is 440 g/mol.